The summed E-state index contributed by atoms with van der Waals surface area (Å²) >= 11 is 0. The molecule has 0 rings (SSSR count). The molecule has 0 heterocycles. The Kier molecular flexibility index (Phi) is 5.71. The summed E-state index contributed by atoms with van der Waals surface area (Å²) in [6.45, 7) is 6.87. The van der Waals surface area contributed by atoms with E-state index in [0.29, 0.717) is 6.04 Å². The van der Waals surface area contributed by atoms with Crippen LogP contribution in [0.15, 0.2) is 0 Å². The van der Waals surface area contributed by atoms with Crippen LogP contribution in [0.1, 0.15) is 27.2 Å². The number of hydrogen-bond donors (Lipinski definition) is 1. The first kappa shape index (κ1) is 12.4. The molecule has 0 fully saturated rings. The van der Waals surface area contributed by atoms with Crippen LogP contribution >= 0.6 is 0 Å². The van der Waals surface area contributed by atoms with Crippen molar-refractivity contribution in [2.75, 3.05) is 20.6 Å². The van der Waals surface area contributed by atoms with Crippen LogP contribution in [0.4, 0.5) is 0 Å². The Morgan fingerprint density at radius 1 is 1.46 bits per heavy atom. The predicted octanol–water partition coefficient (Wildman–Crippen LogP) is 1.10. The van der Waals surface area contributed by atoms with E-state index < -0.39 is 0 Å². The second-order valence-corrected chi connectivity index (χ2v) is 3.67. The zero-order chi connectivity index (χ0) is 10.4. The number of carbonyl (C=O) groups is 1. The lowest BCUT2D eigenvalue weighted by Crippen LogP contribution is -2.40. The molecule has 0 aliphatic carbocycles. The Morgan fingerprint density at radius 2 is 2.00 bits per heavy atom. The zero-order valence-electron chi connectivity index (χ0n) is 9.42. The van der Waals surface area contributed by atoms with E-state index in [1.54, 1.807) is 0 Å². The summed E-state index contributed by atoms with van der Waals surface area (Å²) in [7, 11) is 3.75. The summed E-state index contributed by atoms with van der Waals surface area (Å²) in [5, 5.41) is 3.01. The van der Waals surface area contributed by atoms with Gasteiger partial charge < -0.3 is 10.2 Å². The molecular formula is C10H22N2O. The van der Waals surface area contributed by atoms with Gasteiger partial charge in [-0.3, -0.25) is 4.79 Å². The summed E-state index contributed by atoms with van der Waals surface area (Å²) < 4.78 is 0. The van der Waals surface area contributed by atoms with Crippen LogP contribution in [0, 0.1) is 5.92 Å². The van der Waals surface area contributed by atoms with Gasteiger partial charge in [0, 0.05) is 25.6 Å². The molecule has 1 amide bonds. The first-order valence-corrected chi connectivity index (χ1v) is 4.95. The van der Waals surface area contributed by atoms with Crippen LogP contribution in [0.5, 0.6) is 0 Å². The van der Waals surface area contributed by atoms with Crippen molar-refractivity contribution in [1.82, 2.24) is 10.2 Å². The second-order valence-electron chi connectivity index (χ2n) is 3.67. The zero-order valence-corrected chi connectivity index (χ0v) is 9.42. The number of rotatable bonds is 5. The molecule has 0 saturated heterocycles. The van der Waals surface area contributed by atoms with Gasteiger partial charge in [-0.2, -0.15) is 0 Å². The molecule has 13 heavy (non-hydrogen) atoms. The third-order valence-electron chi connectivity index (χ3n) is 2.53. The van der Waals surface area contributed by atoms with E-state index >= 15 is 0 Å². The SMILES string of the molecule is CCC(C)N(C)C(=O)C(C)CNC. The minimum Gasteiger partial charge on any atom is -0.343 e. The molecule has 0 bridgehead atoms. The largest absolute Gasteiger partial charge is 0.343 e. The highest BCUT2D eigenvalue weighted by Crippen LogP contribution is 2.06. The van der Waals surface area contributed by atoms with Crippen LogP contribution in [0.2, 0.25) is 0 Å². The summed E-state index contributed by atoms with van der Waals surface area (Å²) in [6.07, 6.45) is 1.01. The summed E-state index contributed by atoms with van der Waals surface area (Å²) in [5.41, 5.74) is 0. The second kappa shape index (κ2) is 5.97. The van der Waals surface area contributed by atoms with Gasteiger partial charge in [-0.05, 0) is 20.4 Å². The maximum atomic E-state index is 11.7. The molecule has 0 aromatic heterocycles. The van der Waals surface area contributed by atoms with Crippen molar-refractivity contribution in [3.63, 3.8) is 0 Å². The Morgan fingerprint density at radius 3 is 2.38 bits per heavy atom. The normalized spacial score (nSPS) is 15.2. The fourth-order valence-electron chi connectivity index (χ4n) is 1.23. The van der Waals surface area contributed by atoms with Gasteiger partial charge in [0.1, 0.15) is 0 Å². The molecule has 0 aliphatic heterocycles. The Balaban J connectivity index is 4.08. The molecule has 0 saturated carbocycles. The van der Waals surface area contributed by atoms with E-state index in [1.807, 2.05) is 25.9 Å². The van der Waals surface area contributed by atoms with Crippen molar-refractivity contribution < 1.29 is 4.79 Å². The molecule has 0 spiro atoms. The maximum Gasteiger partial charge on any atom is 0.226 e. The minimum atomic E-state index is 0.0731. The first-order chi connectivity index (χ1) is 6.04. The van der Waals surface area contributed by atoms with Crippen molar-refractivity contribution in [1.29, 1.82) is 0 Å². The molecule has 1 N–H and O–H groups in total. The van der Waals surface area contributed by atoms with Gasteiger partial charge in [-0.25, -0.2) is 0 Å². The van der Waals surface area contributed by atoms with Gasteiger partial charge in [0.05, 0.1) is 0 Å². The lowest BCUT2D eigenvalue weighted by atomic mass is 10.1. The fourth-order valence-corrected chi connectivity index (χ4v) is 1.23. The highest BCUT2D eigenvalue weighted by molar-refractivity contribution is 5.78. The van der Waals surface area contributed by atoms with Gasteiger partial charge in [-0.1, -0.05) is 13.8 Å². The van der Waals surface area contributed by atoms with Crippen molar-refractivity contribution in [2.24, 2.45) is 5.92 Å². The standard InChI is InChI=1S/C10H22N2O/c1-6-9(3)12(5)10(13)8(2)7-11-4/h8-9,11H,6-7H2,1-5H3. The molecule has 0 radical (unpaired) electrons. The highest BCUT2D eigenvalue weighted by atomic mass is 16.2. The number of hydrogen-bond acceptors (Lipinski definition) is 2. The maximum absolute atomic E-state index is 11.7. The van der Waals surface area contributed by atoms with E-state index in [-0.39, 0.29) is 11.8 Å². The van der Waals surface area contributed by atoms with Crippen molar-refractivity contribution in [3.05, 3.63) is 0 Å². The molecule has 0 aliphatic rings. The Bertz CT molecular complexity index is 159. The molecule has 2 atom stereocenters. The molecule has 0 aromatic rings. The van der Waals surface area contributed by atoms with E-state index in [1.165, 1.54) is 0 Å². The number of nitrogens with zero attached hydrogens (tertiary/aromatic N) is 1. The molecule has 2 unspecified atom stereocenters. The van der Waals surface area contributed by atoms with Crippen LogP contribution in [0.3, 0.4) is 0 Å². The van der Waals surface area contributed by atoms with Crippen LogP contribution in [-0.2, 0) is 4.79 Å². The topological polar surface area (TPSA) is 32.3 Å². The Labute approximate surface area is 81.5 Å². The van der Waals surface area contributed by atoms with Gasteiger partial charge >= 0.3 is 0 Å². The number of carbonyl (C=O) groups excluding carboxylic acids is 1. The lowest BCUT2D eigenvalue weighted by molar-refractivity contribution is -0.135. The van der Waals surface area contributed by atoms with Crippen molar-refractivity contribution in [3.8, 4) is 0 Å². The highest BCUT2D eigenvalue weighted by Gasteiger charge is 2.19. The summed E-state index contributed by atoms with van der Waals surface area (Å²) in [6, 6.07) is 0.340. The smallest absolute Gasteiger partial charge is 0.226 e. The van der Waals surface area contributed by atoms with E-state index in [9.17, 15) is 4.79 Å². The van der Waals surface area contributed by atoms with Gasteiger partial charge in [0.15, 0.2) is 0 Å². The van der Waals surface area contributed by atoms with Crippen LogP contribution < -0.4 is 5.32 Å². The Hall–Kier alpha value is -0.570. The van der Waals surface area contributed by atoms with E-state index in [2.05, 4.69) is 19.2 Å². The number of nitrogens with one attached hydrogen (secondary N) is 1. The van der Waals surface area contributed by atoms with Crippen molar-refractivity contribution in [2.45, 2.75) is 33.2 Å². The quantitative estimate of drug-likeness (QED) is 0.697. The average Bonchev–Trinajstić information content (AvgIpc) is 2.14. The van der Waals surface area contributed by atoms with Gasteiger partial charge in [0.25, 0.3) is 0 Å². The predicted molar refractivity (Wildman–Crippen MR) is 55.6 cm³/mol. The number of amides is 1. The first-order valence-electron chi connectivity index (χ1n) is 4.95. The molecule has 0 aromatic carbocycles. The summed E-state index contributed by atoms with van der Waals surface area (Å²) in [5.74, 6) is 0.299. The third-order valence-corrected chi connectivity index (χ3v) is 2.53. The summed E-state index contributed by atoms with van der Waals surface area (Å²) in [4.78, 5) is 13.6. The lowest BCUT2D eigenvalue weighted by Gasteiger charge is -2.26. The minimum absolute atomic E-state index is 0.0731. The van der Waals surface area contributed by atoms with Crippen LogP contribution in [-0.4, -0.2) is 37.5 Å². The fraction of sp³-hybridized carbons (Fsp3) is 0.900. The van der Waals surface area contributed by atoms with E-state index in [0.717, 1.165) is 13.0 Å². The van der Waals surface area contributed by atoms with Gasteiger partial charge in [0.2, 0.25) is 5.91 Å². The monoisotopic (exact) mass is 186 g/mol. The molecule has 78 valence electrons. The molecule has 3 heteroatoms. The third kappa shape index (κ3) is 3.77. The average molecular weight is 186 g/mol. The van der Waals surface area contributed by atoms with Crippen molar-refractivity contribution >= 4 is 5.91 Å². The molecule has 3 nitrogen and oxygen atoms in total. The van der Waals surface area contributed by atoms with Gasteiger partial charge in [-0.15, -0.1) is 0 Å². The van der Waals surface area contributed by atoms with Crippen LogP contribution in [0.25, 0.3) is 0 Å². The molecular weight excluding hydrogens is 164 g/mol. The van der Waals surface area contributed by atoms with E-state index in [4.69, 9.17) is 0 Å².